The van der Waals surface area contributed by atoms with E-state index in [0.29, 0.717) is 16.8 Å². The van der Waals surface area contributed by atoms with E-state index in [-0.39, 0.29) is 11.5 Å². The summed E-state index contributed by atoms with van der Waals surface area (Å²) in [6.07, 6.45) is 0. The number of rotatable bonds is 3. The van der Waals surface area contributed by atoms with Crippen LogP contribution in [-0.4, -0.2) is 15.7 Å². The monoisotopic (exact) mass is 370 g/mol. The van der Waals surface area contributed by atoms with Gasteiger partial charge in [-0.15, -0.1) is 0 Å². The van der Waals surface area contributed by atoms with Crippen LogP contribution in [-0.2, 0) is 0 Å². The van der Waals surface area contributed by atoms with Crippen LogP contribution in [0, 0.1) is 20.6 Å². The van der Waals surface area contributed by atoms with Gasteiger partial charge in [0.25, 0.3) is 5.69 Å². The van der Waals surface area contributed by atoms with Crippen molar-refractivity contribution in [2.45, 2.75) is 13.8 Å². The number of carbonyl (C=O) groups is 1. The van der Waals surface area contributed by atoms with Crippen LogP contribution in [0.3, 0.4) is 0 Å². The lowest BCUT2D eigenvalue weighted by molar-refractivity contribution is -0.384. The minimum atomic E-state index is -0.422. The van der Waals surface area contributed by atoms with E-state index < -0.39 is 4.92 Å². The summed E-state index contributed by atoms with van der Waals surface area (Å²) in [4.78, 5) is 25.3. The average molecular weight is 370 g/mol. The topological polar surface area (TPSA) is 76.0 Å². The quantitative estimate of drug-likeness (QED) is 0.387. The molecule has 0 amide bonds. The number of nitrogens with zero attached hydrogens (tertiary/aromatic N) is 1. The second kappa shape index (κ2) is 5.12. The SMILES string of the molecule is CC(=O)c1c(C)[nH]c(-c2ccccc2[N+](=O)[O-])c1I. The third kappa shape index (κ3) is 2.40. The Hall–Kier alpha value is -1.70. The number of carbonyl (C=O) groups excluding carboxylic acids is 1. The number of hydrogen-bond acceptors (Lipinski definition) is 3. The molecule has 1 heterocycles. The lowest BCUT2D eigenvalue weighted by atomic mass is 10.1. The molecular formula is C13H11IN2O3. The summed E-state index contributed by atoms with van der Waals surface area (Å²) >= 11 is 2.05. The van der Waals surface area contributed by atoms with E-state index in [1.54, 1.807) is 25.1 Å². The maximum Gasteiger partial charge on any atom is 0.278 e. The highest BCUT2D eigenvalue weighted by molar-refractivity contribution is 14.1. The first-order valence-electron chi connectivity index (χ1n) is 5.56. The van der Waals surface area contributed by atoms with E-state index in [0.717, 1.165) is 9.26 Å². The Balaban J connectivity index is 2.70. The normalized spacial score (nSPS) is 10.5. The molecule has 5 nitrogen and oxygen atoms in total. The molecule has 1 aromatic heterocycles. The van der Waals surface area contributed by atoms with E-state index in [1.807, 2.05) is 22.6 Å². The van der Waals surface area contributed by atoms with Gasteiger partial charge in [0.05, 0.1) is 21.7 Å². The van der Waals surface area contributed by atoms with Crippen LogP contribution >= 0.6 is 22.6 Å². The summed E-state index contributed by atoms with van der Waals surface area (Å²) < 4.78 is 0.719. The lowest BCUT2D eigenvalue weighted by Gasteiger charge is -2.01. The first-order valence-corrected chi connectivity index (χ1v) is 6.64. The molecule has 0 saturated carbocycles. The van der Waals surface area contributed by atoms with Crippen molar-refractivity contribution in [3.05, 3.63) is 49.2 Å². The zero-order valence-corrected chi connectivity index (χ0v) is 12.5. The average Bonchev–Trinajstić information content (AvgIpc) is 2.64. The number of aryl methyl sites for hydroxylation is 1. The van der Waals surface area contributed by atoms with Crippen molar-refractivity contribution in [3.63, 3.8) is 0 Å². The number of aromatic amines is 1. The first-order chi connectivity index (χ1) is 8.93. The van der Waals surface area contributed by atoms with Crippen LogP contribution in [0.1, 0.15) is 23.0 Å². The highest BCUT2D eigenvalue weighted by Crippen LogP contribution is 2.34. The van der Waals surface area contributed by atoms with Crippen molar-refractivity contribution in [1.82, 2.24) is 4.98 Å². The fraction of sp³-hybridized carbons (Fsp3) is 0.154. The third-order valence-corrected chi connectivity index (χ3v) is 3.93. The number of ketones is 1. The second-order valence-electron chi connectivity index (χ2n) is 4.14. The molecule has 98 valence electrons. The molecule has 2 aromatic rings. The van der Waals surface area contributed by atoms with Gasteiger partial charge in [-0.05, 0) is 42.5 Å². The molecule has 0 bridgehead atoms. The van der Waals surface area contributed by atoms with Crippen molar-refractivity contribution in [2.75, 3.05) is 0 Å². The van der Waals surface area contributed by atoms with Crippen LogP contribution in [0.5, 0.6) is 0 Å². The molecule has 2 rings (SSSR count). The summed E-state index contributed by atoms with van der Waals surface area (Å²) in [6, 6.07) is 6.49. The van der Waals surface area contributed by atoms with E-state index in [4.69, 9.17) is 0 Å². The molecule has 0 saturated heterocycles. The largest absolute Gasteiger partial charge is 0.357 e. The number of aromatic nitrogens is 1. The summed E-state index contributed by atoms with van der Waals surface area (Å²) in [5, 5.41) is 11.1. The summed E-state index contributed by atoms with van der Waals surface area (Å²) in [5.74, 6) is -0.0528. The molecule has 0 aliphatic heterocycles. The van der Waals surface area contributed by atoms with Crippen LogP contribution in [0.25, 0.3) is 11.3 Å². The Bertz CT molecular complexity index is 677. The Morgan fingerprint density at radius 1 is 1.37 bits per heavy atom. The van der Waals surface area contributed by atoms with Gasteiger partial charge in [0, 0.05) is 15.3 Å². The highest BCUT2D eigenvalue weighted by atomic mass is 127. The van der Waals surface area contributed by atoms with Gasteiger partial charge in [-0.3, -0.25) is 14.9 Å². The zero-order valence-electron chi connectivity index (χ0n) is 10.4. The van der Waals surface area contributed by atoms with E-state index in [1.165, 1.54) is 13.0 Å². The van der Waals surface area contributed by atoms with Gasteiger partial charge in [0.1, 0.15) is 0 Å². The molecule has 0 unspecified atom stereocenters. The Morgan fingerprint density at radius 2 is 2.00 bits per heavy atom. The standard InChI is InChI=1S/C13H11IN2O3/c1-7-11(8(2)17)12(14)13(15-7)9-5-3-4-6-10(9)16(18)19/h3-6,15H,1-2H3. The van der Waals surface area contributed by atoms with Gasteiger partial charge in [0.2, 0.25) is 0 Å². The third-order valence-electron chi connectivity index (χ3n) is 2.85. The molecular weight excluding hydrogens is 359 g/mol. The smallest absolute Gasteiger partial charge is 0.278 e. The molecule has 1 aromatic carbocycles. The number of Topliss-reactive ketones (excluding diaryl/α,β-unsaturated/α-hetero) is 1. The van der Waals surface area contributed by atoms with Gasteiger partial charge in [-0.1, -0.05) is 12.1 Å². The second-order valence-corrected chi connectivity index (χ2v) is 5.22. The summed E-state index contributed by atoms with van der Waals surface area (Å²) in [6.45, 7) is 3.28. The molecule has 0 radical (unpaired) electrons. The Labute approximate surface area is 123 Å². The van der Waals surface area contributed by atoms with Crippen LogP contribution in [0.2, 0.25) is 0 Å². The fourth-order valence-corrected chi connectivity index (χ4v) is 3.25. The minimum Gasteiger partial charge on any atom is -0.357 e. The Morgan fingerprint density at radius 3 is 2.53 bits per heavy atom. The first kappa shape index (κ1) is 13.7. The van der Waals surface area contributed by atoms with Crippen molar-refractivity contribution in [1.29, 1.82) is 0 Å². The van der Waals surface area contributed by atoms with Crippen molar-refractivity contribution in [3.8, 4) is 11.3 Å². The van der Waals surface area contributed by atoms with Crippen molar-refractivity contribution >= 4 is 34.1 Å². The van der Waals surface area contributed by atoms with Gasteiger partial charge < -0.3 is 4.98 Å². The van der Waals surface area contributed by atoms with Gasteiger partial charge >= 0.3 is 0 Å². The lowest BCUT2D eigenvalue weighted by Crippen LogP contribution is -1.95. The maximum atomic E-state index is 11.6. The molecule has 0 spiro atoms. The van der Waals surface area contributed by atoms with Gasteiger partial charge in [-0.2, -0.15) is 0 Å². The molecule has 19 heavy (non-hydrogen) atoms. The minimum absolute atomic E-state index is 0.0248. The van der Waals surface area contributed by atoms with E-state index >= 15 is 0 Å². The highest BCUT2D eigenvalue weighted by Gasteiger charge is 2.22. The number of nitro groups is 1. The fourth-order valence-electron chi connectivity index (χ4n) is 2.04. The maximum absolute atomic E-state index is 11.6. The molecule has 6 heteroatoms. The molecule has 0 fully saturated rings. The van der Waals surface area contributed by atoms with Crippen LogP contribution < -0.4 is 0 Å². The molecule has 0 aliphatic carbocycles. The van der Waals surface area contributed by atoms with Gasteiger partial charge in [0.15, 0.2) is 5.78 Å². The van der Waals surface area contributed by atoms with Crippen molar-refractivity contribution < 1.29 is 9.72 Å². The number of hydrogen-bond donors (Lipinski definition) is 1. The number of H-pyrrole nitrogens is 1. The number of nitrogens with one attached hydrogen (secondary N) is 1. The number of benzene rings is 1. The van der Waals surface area contributed by atoms with Crippen LogP contribution in [0.4, 0.5) is 5.69 Å². The molecule has 0 atom stereocenters. The molecule has 0 aliphatic rings. The summed E-state index contributed by atoms with van der Waals surface area (Å²) in [5.41, 5.74) is 2.46. The predicted molar refractivity (Wildman–Crippen MR) is 80.3 cm³/mol. The number of halogens is 1. The summed E-state index contributed by atoms with van der Waals surface area (Å²) in [7, 11) is 0. The zero-order chi connectivity index (χ0) is 14.2. The molecule has 1 N–H and O–H groups in total. The van der Waals surface area contributed by atoms with E-state index in [9.17, 15) is 14.9 Å². The Kier molecular flexibility index (Phi) is 3.70. The number of nitro benzene ring substituents is 1. The van der Waals surface area contributed by atoms with E-state index in [2.05, 4.69) is 4.98 Å². The number of para-hydroxylation sites is 1. The van der Waals surface area contributed by atoms with Crippen LogP contribution in [0.15, 0.2) is 24.3 Å². The predicted octanol–water partition coefficient (Wildman–Crippen LogP) is 3.71. The van der Waals surface area contributed by atoms with Gasteiger partial charge in [-0.25, -0.2) is 0 Å². The van der Waals surface area contributed by atoms with Crippen molar-refractivity contribution in [2.24, 2.45) is 0 Å².